The molecule has 0 heterocycles. The van der Waals surface area contributed by atoms with Gasteiger partial charge >= 0.3 is 0 Å². The Hall–Kier alpha value is -0.725. The van der Waals surface area contributed by atoms with Gasteiger partial charge in [0, 0.05) is 6.04 Å². The molecule has 0 aromatic carbocycles. The molecule has 0 bridgehead atoms. The van der Waals surface area contributed by atoms with E-state index < -0.39 is 0 Å². The SMILES string of the molecule is B/C=C/C(=O)NC(C)C. The van der Waals surface area contributed by atoms with E-state index in [-0.39, 0.29) is 11.9 Å². The van der Waals surface area contributed by atoms with Gasteiger partial charge in [0.15, 0.2) is 0 Å². The van der Waals surface area contributed by atoms with E-state index in [9.17, 15) is 4.79 Å². The molecule has 50 valence electrons. The number of carbonyl (C=O) groups excluding carboxylic acids is 1. The lowest BCUT2D eigenvalue weighted by molar-refractivity contribution is -0.116. The highest BCUT2D eigenvalue weighted by Crippen LogP contribution is 1.76. The Kier molecular flexibility index (Phi) is 3.85. The van der Waals surface area contributed by atoms with Crippen molar-refractivity contribution in [2.75, 3.05) is 0 Å². The van der Waals surface area contributed by atoms with Gasteiger partial charge in [0.25, 0.3) is 0 Å². The number of amides is 1. The second kappa shape index (κ2) is 4.18. The Labute approximate surface area is 56.7 Å². The van der Waals surface area contributed by atoms with Crippen molar-refractivity contribution in [2.45, 2.75) is 19.9 Å². The summed E-state index contributed by atoms with van der Waals surface area (Å²) in [4.78, 5) is 10.7. The minimum atomic E-state index is -0.0208. The second-order valence-corrected chi connectivity index (χ2v) is 2.16. The van der Waals surface area contributed by atoms with Crippen molar-refractivity contribution in [3.05, 3.63) is 12.1 Å². The van der Waals surface area contributed by atoms with Gasteiger partial charge in [-0.25, -0.2) is 0 Å². The quantitative estimate of drug-likeness (QED) is 0.397. The molecule has 9 heavy (non-hydrogen) atoms. The maximum atomic E-state index is 10.7. The molecule has 0 saturated heterocycles. The summed E-state index contributed by atoms with van der Waals surface area (Å²) in [7, 11) is 1.82. The topological polar surface area (TPSA) is 29.1 Å². The van der Waals surface area contributed by atoms with Crippen molar-refractivity contribution in [3.8, 4) is 0 Å². The minimum Gasteiger partial charge on any atom is -0.350 e. The first kappa shape index (κ1) is 8.27. The molecule has 0 unspecified atom stereocenters. The van der Waals surface area contributed by atoms with Crippen molar-refractivity contribution >= 4 is 13.8 Å². The van der Waals surface area contributed by atoms with E-state index in [0.717, 1.165) is 0 Å². The number of nitrogens with one attached hydrogen (secondary N) is 1. The number of hydrogen-bond donors (Lipinski definition) is 1. The van der Waals surface area contributed by atoms with Crippen LogP contribution in [0.2, 0.25) is 0 Å². The van der Waals surface area contributed by atoms with Crippen LogP contribution in [0.25, 0.3) is 0 Å². The molecule has 0 aliphatic heterocycles. The van der Waals surface area contributed by atoms with Crippen LogP contribution in [0.5, 0.6) is 0 Å². The Morgan fingerprint density at radius 1 is 1.67 bits per heavy atom. The van der Waals surface area contributed by atoms with Gasteiger partial charge in [-0.05, 0) is 19.9 Å². The van der Waals surface area contributed by atoms with Crippen molar-refractivity contribution in [1.82, 2.24) is 5.32 Å². The smallest absolute Gasteiger partial charge is 0.243 e. The molecule has 2 nitrogen and oxygen atoms in total. The zero-order valence-electron chi connectivity index (χ0n) is 6.14. The largest absolute Gasteiger partial charge is 0.350 e. The van der Waals surface area contributed by atoms with Crippen LogP contribution in [0.1, 0.15) is 13.8 Å². The van der Waals surface area contributed by atoms with Gasteiger partial charge in [0.1, 0.15) is 7.85 Å². The van der Waals surface area contributed by atoms with E-state index in [2.05, 4.69) is 5.32 Å². The molecule has 0 fully saturated rings. The highest BCUT2D eigenvalue weighted by Gasteiger charge is 1.94. The zero-order chi connectivity index (χ0) is 7.28. The summed E-state index contributed by atoms with van der Waals surface area (Å²) in [6.07, 6.45) is 1.51. The van der Waals surface area contributed by atoms with Gasteiger partial charge in [-0.15, -0.1) is 5.98 Å². The van der Waals surface area contributed by atoms with E-state index in [4.69, 9.17) is 0 Å². The molecule has 0 aromatic heterocycles. The number of carbonyl (C=O) groups is 1. The molecule has 0 aliphatic rings. The summed E-state index contributed by atoms with van der Waals surface area (Å²) < 4.78 is 0. The average Bonchev–Trinajstić information content (AvgIpc) is 1.63. The molecule has 0 saturated carbocycles. The highest BCUT2D eigenvalue weighted by molar-refractivity contribution is 6.18. The fraction of sp³-hybridized carbons (Fsp3) is 0.500. The van der Waals surface area contributed by atoms with Crippen LogP contribution in [0, 0.1) is 0 Å². The van der Waals surface area contributed by atoms with E-state index in [1.165, 1.54) is 6.08 Å². The lowest BCUT2D eigenvalue weighted by Gasteiger charge is -2.03. The Bertz CT molecular complexity index is 120. The van der Waals surface area contributed by atoms with E-state index >= 15 is 0 Å². The number of hydrogen-bond acceptors (Lipinski definition) is 1. The minimum absolute atomic E-state index is 0.0208. The van der Waals surface area contributed by atoms with Crippen LogP contribution in [-0.4, -0.2) is 19.8 Å². The van der Waals surface area contributed by atoms with Crippen LogP contribution < -0.4 is 5.32 Å². The molecular weight excluding hydrogens is 113 g/mol. The molecule has 0 rings (SSSR count). The molecule has 0 spiro atoms. The first-order valence-corrected chi connectivity index (χ1v) is 3.10. The molecule has 1 N–H and O–H groups in total. The van der Waals surface area contributed by atoms with Gasteiger partial charge in [-0.2, -0.15) is 0 Å². The Morgan fingerprint density at radius 3 is 2.56 bits per heavy atom. The van der Waals surface area contributed by atoms with Gasteiger partial charge in [-0.1, -0.05) is 0 Å². The Balaban J connectivity index is 3.51. The summed E-state index contributed by atoms with van der Waals surface area (Å²) in [5, 5.41) is 2.72. The molecule has 0 atom stereocenters. The molecule has 0 aliphatic carbocycles. The van der Waals surface area contributed by atoms with E-state index in [1.807, 2.05) is 21.7 Å². The summed E-state index contributed by atoms with van der Waals surface area (Å²) in [6, 6.07) is 0.230. The summed E-state index contributed by atoms with van der Waals surface area (Å²) in [5.41, 5.74) is 0. The maximum Gasteiger partial charge on any atom is 0.243 e. The first-order chi connectivity index (χ1) is 4.16. The number of rotatable bonds is 2. The van der Waals surface area contributed by atoms with Crippen molar-refractivity contribution in [1.29, 1.82) is 0 Å². The third-order valence-electron chi connectivity index (χ3n) is 0.749. The highest BCUT2D eigenvalue weighted by atomic mass is 16.1. The molecular formula is C6H12BNO. The van der Waals surface area contributed by atoms with Crippen LogP contribution in [0.15, 0.2) is 12.1 Å². The standard InChI is InChI=1S/C6H12BNO/c1-5(2)8-6(9)3-4-7/h3-5H,7H2,1-2H3,(H,8,9)/b4-3+. The van der Waals surface area contributed by atoms with Gasteiger partial charge in [0.2, 0.25) is 5.91 Å². The fourth-order valence-electron chi connectivity index (χ4n) is 0.484. The van der Waals surface area contributed by atoms with Gasteiger partial charge in [-0.3, -0.25) is 4.79 Å². The second-order valence-electron chi connectivity index (χ2n) is 2.16. The normalized spacial score (nSPS) is 10.6. The van der Waals surface area contributed by atoms with Crippen LogP contribution in [-0.2, 0) is 4.79 Å². The maximum absolute atomic E-state index is 10.7. The van der Waals surface area contributed by atoms with Gasteiger partial charge in [0.05, 0.1) is 0 Å². The lowest BCUT2D eigenvalue weighted by atomic mass is 10.1. The van der Waals surface area contributed by atoms with Crippen molar-refractivity contribution < 1.29 is 4.79 Å². The lowest BCUT2D eigenvalue weighted by Crippen LogP contribution is -2.28. The monoisotopic (exact) mass is 125 g/mol. The summed E-state index contributed by atoms with van der Waals surface area (Å²) >= 11 is 0. The van der Waals surface area contributed by atoms with E-state index in [1.54, 1.807) is 5.98 Å². The zero-order valence-corrected chi connectivity index (χ0v) is 6.14. The van der Waals surface area contributed by atoms with Crippen molar-refractivity contribution in [3.63, 3.8) is 0 Å². The van der Waals surface area contributed by atoms with Crippen LogP contribution in [0.3, 0.4) is 0 Å². The summed E-state index contributed by atoms with van der Waals surface area (Å²) in [6.45, 7) is 3.86. The fourth-order valence-corrected chi connectivity index (χ4v) is 0.484. The molecule has 1 amide bonds. The molecule has 0 aromatic rings. The predicted molar refractivity (Wildman–Crippen MR) is 41.0 cm³/mol. The predicted octanol–water partition coefficient (Wildman–Crippen LogP) is -0.342. The van der Waals surface area contributed by atoms with Crippen LogP contribution in [0.4, 0.5) is 0 Å². The van der Waals surface area contributed by atoms with E-state index in [0.29, 0.717) is 0 Å². The molecule has 3 heteroatoms. The Morgan fingerprint density at radius 2 is 2.22 bits per heavy atom. The molecule has 0 radical (unpaired) electrons. The average molecular weight is 125 g/mol. The summed E-state index contributed by atoms with van der Waals surface area (Å²) in [5.74, 6) is 1.70. The third-order valence-corrected chi connectivity index (χ3v) is 0.749. The first-order valence-electron chi connectivity index (χ1n) is 3.10. The third kappa shape index (κ3) is 5.14. The van der Waals surface area contributed by atoms with Crippen molar-refractivity contribution in [2.24, 2.45) is 0 Å². The van der Waals surface area contributed by atoms with Gasteiger partial charge < -0.3 is 5.32 Å². The van der Waals surface area contributed by atoms with Crippen LogP contribution >= 0.6 is 0 Å².